The minimum Gasteiger partial charge on any atom is -0.358 e. The minimum atomic E-state index is 0.522. The number of rotatable bonds is 1. The highest BCUT2D eigenvalue weighted by molar-refractivity contribution is 5.95. The van der Waals surface area contributed by atoms with E-state index in [0.717, 1.165) is 0 Å². The van der Waals surface area contributed by atoms with E-state index in [4.69, 9.17) is 0 Å². The minimum absolute atomic E-state index is 0.522. The Morgan fingerprint density at radius 3 is 2.37 bits per heavy atom. The average molecular weight is 251 g/mol. The molecule has 1 heteroatoms. The molecule has 0 radical (unpaired) electrons. The van der Waals surface area contributed by atoms with Gasteiger partial charge in [0.15, 0.2) is 0 Å². The molecule has 3 rings (SSSR count). The number of aryl methyl sites for hydroxylation is 1. The molecule has 1 nitrogen and oxygen atoms in total. The lowest BCUT2D eigenvalue weighted by molar-refractivity contribution is 0.896. The first-order chi connectivity index (χ1) is 9.00. The third-order valence-electron chi connectivity index (χ3n) is 4.72. The van der Waals surface area contributed by atoms with Gasteiger partial charge in [0.25, 0.3) is 0 Å². The van der Waals surface area contributed by atoms with Crippen LogP contribution in [0, 0.1) is 12.8 Å². The van der Waals surface area contributed by atoms with Crippen LogP contribution in [0.5, 0.6) is 0 Å². The molecule has 1 unspecified atom stereocenters. The van der Waals surface area contributed by atoms with Crippen LogP contribution < -0.4 is 0 Å². The van der Waals surface area contributed by atoms with E-state index in [2.05, 4.69) is 63.9 Å². The van der Waals surface area contributed by atoms with Crippen molar-refractivity contribution in [3.8, 4) is 0 Å². The lowest BCUT2D eigenvalue weighted by Crippen LogP contribution is -1.97. The molecule has 2 aromatic rings. The molecule has 0 saturated heterocycles. The summed E-state index contributed by atoms with van der Waals surface area (Å²) in [4.78, 5) is 3.52. The average Bonchev–Trinajstić information content (AvgIpc) is 2.84. The number of aromatic nitrogens is 1. The van der Waals surface area contributed by atoms with Crippen LogP contribution in [0.15, 0.2) is 41.0 Å². The molecule has 1 aromatic carbocycles. The Morgan fingerprint density at radius 1 is 1.00 bits per heavy atom. The summed E-state index contributed by atoms with van der Waals surface area (Å²) in [6.45, 7) is 11.2. The molecule has 1 aromatic heterocycles. The molecule has 1 atom stereocenters. The molecule has 0 bridgehead atoms. The first-order valence-corrected chi connectivity index (χ1v) is 6.98. The van der Waals surface area contributed by atoms with Crippen molar-refractivity contribution in [1.29, 1.82) is 0 Å². The SMILES string of the molecule is CC1=C(C)C(C)C(c2cccc3cc(C)[nH]c23)=C1C. The number of aromatic amines is 1. The van der Waals surface area contributed by atoms with Crippen LogP contribution in [-0.4, -0.2) is 4.98 Å². The predicted molar refractivity (Wildman–Crippen MR) is 83.2 cm³/mol. The third kappa shape index (κ3) is 1.68. The van der Waals surface area contributed by atoms with Crippen LogP contribution in [0.2, 0.25) is 0 Å². The van der Waals surface area contributed by atoms with Gasteiger partial charge in [0.2, 0.25) is 0 Å². The summed E-state index contributed by atoms with van der Waals surface area (Å²) in [5.74, 6) is 0.522. The monoisotopic (exact) mass is 251 g/mol. The number of hydrogen-bond donors (Lipinski definition) is 1. The maximum absolute atomic E-state index is 3.52. The Hall–Kier alpha value is -1.76. The Morgan fingerprint density at radius 2 is 1.74 bits per heavy atom. The van der Waals surface area contributed by atoms with Crippen LogP contribution in [0.1, 0.15) is 39.0 Å². The zero-order valence-corrected chi connectivity index (χ0v) is 12.4. The molecule has 98 valence electrons. The summed E-state index contributed by atoms with van der Waals surface area (Å²) < 4.78 is 0. The van der Waals surface area contributed by atoms with Gasteiger partial charge in [-0.3, -0.25) is 0 Å². The highest BCUT2D eigenvalue weighted by atomic mass is 14.7. The Kier molecular flexibility index (Phi) is 2.67. The fourth-order valence-corrected chi connectivity index (χ4v) is 3.32. The van der Waals surface area contributed by atoms with Gasteiger partial charge in [-0.05, 0) is 50.5 Å². The van der Waals surface area contributed by atoms with Gasteiger partial charge in [-0.15, -0.1) is 0 Å². The van der Waals surface area contributed by atoms with E-state index in [-0.39, 0.29) is 0 Å². The van der Waals surface area contributed by atoms with E-state index in [1.807, 2.05) is 0 Å². The summed E-state index contributed by atoms with van der Waals surface area (Å²) in [6, 6.07) is 8.83. The van der Waals surface area contributed by atoms with Crippen molar-refractivity contribution >= 4 is 16.5 Å². The van der Waals surface area contributed by atoms with Crippen LogP contribution in [0.3, 0.4) is 0 Å². The molecule has 19 heavy (non-hydrogen) atoms. The molecule has 0 saturated carbocycles. The van der Waals surface area contributed by atoms with Gasteiger partial charge < -0.3 is 4.98 Å². The van der Waals surface area contributed by atoms with Crippen molar-refractivity contribution in [1.82, 2.24) is 4.98 Å². The normalized spacial score (nSPS) is 19.9. The van der Waals surface area contributed by atoms with E-state index < -0.39 is 0 Å². The molecule has 1 aliphatic rings. The molecular formula is C18H21N. The van der Waals surface area contributed by atoms with Crippen LogP contribution in [-0.2, 0) is 0 Å². The Bertz CT molecular complexity index is 725. The Balaban J connectivity index is 2.27. The van der Waals surface area contributed by atoms with E-state index >= 15 is 0 Å². The molecule has 1 aliphatic carbocycles. The molecule has 0 spiro atoms. The van der Waals surface area contributed by atoms with Gasteiger partial charge in [0, 0.05) is 22.6 Å². The second-order valence-electron chi connectivity index (χ2n) is 5.79. The quantitative estimate of drug-likeness (QED) is 0.713. The first-order valence-electron chi connectivity index (χ1n) is 6.98. The van der Waals surface area contributed by atoms with Gasteiger partial charge in [0.1, 0.15) is 0 Å². The number of para-hydroxylation sites is 1. The highest BCUT2D eigenvalue weighted by Crippen LogP contribution is 2.43. The van der Waals surface area contributed by atoms with Crippen molar-refractivity contribution in [2.45, 2.75) is 34.6 Å². The number of hydrogen-bond acceptors (Lipinski definition) is 0. The number of H-pyrrole nitrogens is 1. The number of nitrogens with one attached hydrogen (secondary N) is 1. The lowest BCUT2D eigenvalue weighted by atomic mass is 9.91. The van der Waals surface area contributed by atoms with Gasteiger partial charge >= 0.3 is 0 Å². The highest BCUT2D eigenvalue weighted by Gasteiger charge is 2.25. The maximum atomic E-state index is 3.52. The van der Waals surface area contributed by atoms with Crippen LogP contribution in [0.4, 0.5) is 0 Å². The second-order valence-corrected chi connectivity index (χ2v) is 5.79. The van der Waals surface area contributed by atoms with Crippen molar-refractivity contribution in [2.24, 2.45) is 5.92 Å². The molecular weight excluding hydrogens is 230 g/mol. The van der Waals surface area contributed by atoms with Gasteiger partial charge in [-0.1, -0.05) is 30.7 Å². The maximum Gasteiger partial charge on any atom is 0.0532 e. The number of benzene rings is 1. The van der Waals surface area contributed by atoms with Crippen molar-refractivity contribution in [3.63, 3.8) is 0 Å². The van der Waals surface area contributed by atoms with Gasteiger partial charge in [0.05, 0.1) is 5.52 Å². The van der Waals surface area contributed by atoms with E-state index in [1.165, 1.54) is 44.5 Å². The zero-order chi connectivity index (χ0) is 13.7. The molecule has 0 aliphatic heterocycles. The molecule has 0 amide bonds. The van der Waals surface area contributed by atoms with E-state index in [0.29, 0.717) is 5.92 Å². The molecule has 1 N–H and O–H groups in total. The van der Waals surface area contributed by atoms with E-state index in [9.17, 15) is 0 Å². The summed E-state index contributed by atoms with van der Waals surface area (Å²) in [7, 11) is 0. The van der Waals surface area contributed by atoms with Crippen molar-refractivity contribution in [2.75, 3.05) is 0 Å². The Labute approximate surface area is 115 Å². The number of fused-ring (bicyclic) bond motifs is 1. The lowest BCUT2D eigenvalue weighted by Gasteiger charge is -2.14. The van der Waals surface area contributed by atoms with Gasteiger partial charge in [-0.2, -0.15) is 0 Å². The predicted octanol–water partition coefficient (Wildman–Crippen LogP) is 5.24. The van der Waals surface area contributed by atoms with E-state index in [1.54, 1.807) is 0 Å². The smallest absolute Gasteiger partial charge is 0.0532 e. The van der Waals surface area contributed by atoms with Crippen LogP contribution >= 0.6 is 0 Å². The largest absolute Gasteiger partial charge is 0.358 e. The zero-order valence-electron chi connectivity index (χ0n) is 12.4. The van der Waals surface area contributed by atoms with Crippen molar-refractivity contribution in [3.05, 3.63) is 52.2 Å². The second kappa shape index (κ2) is 4.12. The summed E-state index contributed by atoms with van der Waals surface area (Å²) in [6.07, 6.45) is 0. The third-order valence-corrected chi connectivity index (χ3v) is 4.72. The topological polar surface area (TPSA) is 15.8 Å². The fourth-order valence-electron chi connectivity index (χ4n) is 3.32. The van der Waals surface area contributed by atoms with Gasteiger partial charge in [-0.25, -0.2) is 0 Å². The summed E-state index contributed by atoms with van der Waals surface area (Å²) >= 11 is 0. The molecule has 1 heterocycles. The molecule has 0 fully saturated rings. The first kappa shape index (κ1) is 12.3. The van der Waals surface area contributed by atoms with Crippen LogP contribution in [0.25, 0.3) is 16.5 Å². The number of allylic oxidation sites excluding steroid dienone is 4. The fraction of sp³-hybridized carbons (Fsp3) is 0.333. The summed E-state index contributed by atoms with van der Waals surface area (Å²) in [5.41, 5.74) is 9.78. The summed E-state index contributed by atoms with van der Waals surface area (Å²) in [5, 5.41) is 1.31. The standard InChI is InChI=1S/C18H21N/c1-10-9-15-7-6-8-16(18(15)19-10)17-13(4)11(2)12(3)14(17)5/h6-9,13,19H,1-5H3. The van der Waals surface area contributed by atoms with Crippen molar-refractivity contribution < 1.29 is 0 Å².